The molecule has 0 saturated carbocycles. The van der Waals surface area contributed by atoms with Crippen LogP contribution in [0.25, 0.3) is 5.57 Å². The van der Waals surface area contributed by atoms with Gasteiger partial charge in [-0.1, -0.05) is 24.3 Å². The number of allylic oxidation sites excluding steroid dienone is 4. The number of nitrogens with two attached hydrogens (primary N) is 2. The third kappa shape index (κ3) is 3.66. The average molecular weight is 443 g/mol. The molecule has 0 bridgehead atoms. The maximum Gasteiger partial charge on any atom is 0.451 e. The minimum Gasteiger partial charge on any atom is -0.397 e. The van der Waals surface area contributed by atoms with E-state index in [4.69, 9.17) is 11.5 Å². The molecule has 2 aliphatic carbocycles. The lowest BCUT2D eigenvalue weighted by Crippen LogP contribution is -2.36. The summed E-state index contributed by atoms with van der Waals surface area (Å²) in [7, 11) is 0. The zero-order valence-corrected chi connectivity index (χ0v) is 16.5. The molecule has 0 saturated heterocycles. The zero-order chi connectivity index (χ0) is 23.2. The van der Waals surface area contributed by atoms with Gasteiger partial charge in [0.15, 0.2) is 0 Å². The molecule has 5 N–H and O–H groups in total. The molecule has 0 aliphatic heterocycles. The molecule has 4 rings (SSSR count). The number of hydrogen-bond donors (Lipinski definition) is 3. The fraction of sp³-hybridized carbons (Fsp3) is 0.130. The smallest absolute Gasteiger partial charge is 0.397 e. The molecule has 0 fully saturated rings. The van der Waals surface area contributed by atoms with Crippen molar-refractivity contribution in [2.75, 3.05) is 18.0 Å². The lowest BCUT2D eigenvalue weighted by Gasteiger charge is -2.30. The Labute approximate surface area is 180 Å². The first-order valence-electron chi connectivity index (χ1n) is 9.55. The molecule has 2 aromatic carbocycles. The molecule has 9 heteroatoms. The van der Waals surface area contributed by atoms with Crippen molar-refractivity contribution < 1.29 is 27.2 Å². The fourth-order valence-corrected chi connectivity index (χ4v) is 3.86. The molecule has 0 heterocycles. The van der Waals surface area contributed by atoms with E-state index in [1.807, 2.05) is 0 Å². The molecule has 0 atom stereocenters. The summed E-state index contributed by atoms with van der Waals surface area (Å²) >= 11 is 0. The van der Waals surface area contributed by atoms with Gasteiger partial charge in [-0.3, -0.25) is 9.59 Å². The SMILES string of the molecule is Nc1ccc2c(c1N)CC1=C(NCC(=O)C(F)(F)F)C(=O)C=CC1=C2c1ccc(F)cc1. The number of hydrogen-bond acceptors (Lipinski definition) is 5. The van der Waals surface area contributed by atoms with Crippen LogP contribution in [0, 0.1) is 5.82 Å². The molecule has 32 heavy (non-hydrogen) atoms. The van der Waals surface area contributed by atoms with Crippen molar-refractivity contribution in [2.24, 2.45) is 0 Å². The molecule has 2 aromatic rings. The molecular weight excluding hydrogens is 426 g/mol. The van der Waals surface area contributed by atoms with E-state index in [1.54, 1.807) is 30.3 Å². The van der Waals surface area contributed by atoms with Crippen molar-refractivity contribution in [1.82, 2.24) is 5.32 Å². The maximum absolute atomic E-state index is 13.5. The van der Waals surface area contributed by atoms with E-state index in [1.165, 1.54) is 18.2 Å². The van der Waals surface area contributed by atoms with Crippen LogP contribution in [-0.4, -0.2) is 24.3 Å². The number of carbonyl (C=O) groups is 2. The Kier molecular flexibility index (Phi) is 5.12. The van der Waals surface area contributed by atoms with Crippen LogP contribution in [0.4, 0.5) is 28.9 Å². The number of benzene rings is 2. The highest BCUT2D eigenvalue weighted by Crippen LogP contribution is 2.44. The van der Waals surface area contributed by atoms with Gasteiger partial charge in [-0.25, -0.2) is 4.39 Å². The number of nitrogens with one attached hydrogen (secondary N) is 1. The van der Waals surface area contributed by atoms with Crippen LogP contribution in [0.15, 0.2) is 65.4 Å². The van der Waals surface area contributed by atoms with E-state index in [0.717, 1.165) is 0 Å². The number of nitrogen functional groups attached to an aromatic ring is 2. The van der Waals surface area contributed by atoms with Gasteiger partial charge in [-0.2, -0.15) is 13.2 Å². The first kappa shape index (κ1) is 21.4. The molecular formula is C23H17F4N3O2. The molecule has 164 valence electrons. The number of fused-ring (bicyclic) bond motifs is 2. The van der Waals surface area contributed by atoms with Gasteiger partial charge in [0.05, 0.1) is 23.6 Å². The summed E-state index contributed by atoms with van der Waals surface area (Å²) in [6.45, 7) is -1.08. The van der Waals surface area contributed by atoms with Crippen LogP contribution in [-0.2, 0) is 16.0 Å². The van der Waals surface area contributed by atoms with Crippen LogP contribution >= 0.6 is 0 Å². The highest BCUT2D eigenvalue weighted by Gasteiger charge is 2.38. The third-order valence-electron chi connectivity index (χ3n) is 5.43. The molecule has 2 aliphatic rings. The van der Waals surface area contributed by atoms with E-state index in [-0.39, 0.29) is 17.8 Å². The van der Waals surface area contributed by atoms with Gasteiger partial charge in [-0.15, -0.1) is 0 Å². The summed E-state index contributed by atoms with van der Waals surface area (Å²) < 4.78 is 51.5. The van der Waals surface area contributed by atoms with Gasteiger partial charge in [0, 0.05) is 6.42 Å². The number of carbonyl (C=O) groups excluding carboxylic acids is 2. The number of Topliss-reactive ketones (excluding diaryl/α,β-unsaturated/α-hetero) is 1. The van der Waals surface area contributed by atoms with Gasteiger partial charge in [0.1, 0.15) is 5.82 Å². The third-order valence-corrected chi connectivity index (χ3v) is 5.43. The maximum atomic E-state index is 13.5. The summed E-state index contributed by atoms with van der Waals surface area (Å²) in [4.78, 5) is 23.9. The van der Waals surface area contributed by atoms with Crippen LogP contribution in [0.2, 0.25) is 0 Å². The fourth-order valence-electron chi connectivity index (χ4n) is 3.86. The lowest BCUT2D eigenvalue weighted by molar-refractivity contribution is -0.169. The Hall–Kier alpha value is -3.88. The van der Waals surface area contributed by atoms with Crippen molar-refractivity contribution in [2.45, 2.75) is 12.6 Å². The second kappa shape index (κ2) is 7.67. The molecule has 0 unspecified atom stereocenters. The van der Waals surface area contributed by atoms with E-state index >= 15 is 0 Å². The Morgan fingerprint density at radius 1 is 1.03 bits per heavy atom. The van der Waals surface area contributed by atoms with Crippen molar-refractivity contribution in [3.63, 3.8) is 0 Å². The standard InChI is InChI=1S/C23H17F4N3O2/c24-12-3-1-11(2-4-12)20-13-5-7-17(28)21(29)15(13)9-16-14(20)6-8-18(31)22(16)30-10-19(32)23(25,26)27/h1-8,30H,9-10,28-29H2. The van der Waals surface area contributed by atoms with Crippen LogP contribution in [0.3, 0.4) is 0 Å². The van der Waals surface area contributed by atoms with E-state index in [0.29, 0.717) is 39.1 Å². The monoisotopic (exact) mass is 443 g/mol. The largest absolute Gasteiger partial charge is 0.451 e. The number of ketones is 2. The minimum atomic E-state index is -5.03. The Bertz CT molecular complexity index is 1240. The lowest BCUT2D eigenvalue weighted by atomic mass is 9.76. The summed E-state index contributed by atoms with van der Waals surface area (Å²) in [5.74, 6) is -3.01. The molecule has 0 radical (unpaired) electrons. The van der Waals surface area contributed by atoms with Gasteiger partial charge < -0.3 is 16.8 Å². The normalized spacial score (nSPS) is 15.6. The summed E-state index contributed by atoms with van der Waals surface area (Å²) in [5.41, 5.74) is 16.1. The first-order valence-corrected chi connectivity index (χ1v) is 9.55. The summed E-state index contributed by atoms with van der Waals surface area (Å²) in [6.07, 6.45) is -2.14. The Morgan fingerprint density at radius 2 is 1.72 bits per heavy atom. The van der Waals surface area contributed by atoms with Crippen molar-refractivity contribution in [3.05, 3.63) is 87.9 Å². The number of anilines is 2. The minimum absolute atomic E-state index is 0.116. The van der Waals surface area contributed by atoms with Gasteiger partial charge in [-0.05, 0) is 57.7 Å². The predicted molar refractivity (Wildman–Crippen MR) is 112 cm³/mol. The number of halogens is 4. The molecule has 0 amide bonds. The van der Waals surface area contributed by atoms with Gasteiger partial charge >= 0.3 is 6.18 Å². The van der Waals surface area contributed by atoms with Crippen LogP contribution < -0.4 is 16.8 Å². The molecule has 0 aromatic heterocycles. The summed E-state index contributed by atoms with van der Waals surface area (Å²) in [6, 6.07) is 9.06. The number of rotatable bonds is 4. The average Bonchev–Trinajstić information content (AvgIpc) is 2.74. The Balaban J connectivity index is 1.92. The quantitative estimate of drug-likeness (QED) is 0.497. The topological polar surface area (TPSA) is 98.2 Å². The number of alkyl halides is 3. The Morgan fingerprint density at radius 3 is 2.38 bits per heavy atom. The highest BCUT2D eigenvalue weighted by molar-refractivity contribution is 6.09. The molecule has 5 nitrogen and oxygen atoms in total. The molecule has 0 spiro atoms. The van der Waals surface area contributed by atoms with Crippen molar-refractivity contribution in [3.8, 4) is 0 Å². The second-order valence-electron chi connectivity index (χ2n) is 7.39. The second-order valence-corrected chi connectivity index (χ2v) is 7.39. The van der Waals surface area contributed by atoms with Crippen molar-refractivity contribution in [1.29, 1.82) is 0 Å². The first-order chi connectivity index (χ1) is 15.1. The summed E-state index contributed by atoms with van der Waals surface area (Å²) in [5, 5.41) is 2.37. The van der Waals surface area contributed by atoms with E-state index in [9.17, 15) is 27.2 Å². The predicted octanol–water partition coefficient (Wildman–Crippen LogP) is 3.46. The highest BCUT2D eigenvalue weighted by atomic mass is 19.4. The van der Waals surface area contributed by atoms with Gasteiger partial charge in [0.2, 0.25) is 5.78 Å². The van der Waals surface area contributed by atoms with E-state index in [2.05, 4.69) is 5.32 Å². The van der Waals surface area contributed by atoms with Crippen molar-refractivity contribution >= 4 is 28.5 Å². The zero-order valence-electron chi connectivity index (χ0n) is 16.5. The van der Waals surface area contributed by atoms with E-state index < -0.39 is 30.1 Å². The van der Waals surface area contributed by atoms with Crippen LogP contribution in [0.1, 0.15) is 16.7 Å². The van der Waals surface area contributed by atoms with Gasteiger partial charge in [0.25, 0.3) is 5.78 Å². The van der Waals surface area contributed by atoms with Crippen LogP contribution in [0.5, 0.6) is 0 Å².